The number of nitrogens with one attached hydrogen (secondary N) is 2. The Labute approximate surface area is 176 Å². The van der Waals surface area contributed by atoms with Crippen LogP contribution in [0, 0.1) is 5.41 Å². The number of fused-ring (bicyclic) bond motifs is 1. The van der Waals surface area contributed by atoms with Gasteiger partial charge in [-0.3, -0.25) is 4.98 Å². The maximum Gasteiger partial charge on any atom is 0.201 e. The van der Waals surface area contributed by atoms with E-state index in [9.17, 15) is 0 Å². The van der Waals surface area contributed by atoms with Crippen LogP contribution in [0.5, 0.6) is 0 Å². The summed E-state index contributed by atoms with van der Waals surface area (Å²) in [4.78, 5) is 12.7. The van der Waals surface area contributed by atoms with Gasteiger partial charge in [-0.05, 0) is 48.2 Å². The third kappa shape index (κ3) is 4.28. The van der Waals surface area contributed by atoms with E-state index in [2.05, 4.69) is 66.2 Å². The van der Waals surface area contributed by atoms with E-state index in [-0.39, 0.29) is 5.41 Å². The van der Waals surface area contributed by atoms with Gasteiger partial charge >= 0.3 is 0 Å². The zero-order chi connectivity index (χ0) is 20.6. The van der Waals surface area contributed by atoms with E-state index in [1.54, 1.807) is 0 Å². The van der Waals surface area contributed by atoms with Gasteiger partial charge in [0.05, 0.1) is 16.7 Å². The molecule has 4 rings (SSSR count). The van der Waals surface area contributed by atoms with Crippen molar-refractivity contribution in [3.8, 4) is 22.4 Å². The smallest absolute Gasteiger partial charge is 0.201 e. The van der Waals surface area contributed by atoms with Crippen molar-refractivity contribution in [2.24, 2.45) is 5.41 Å². The number of aromatic nitrogens is 3. The van der Waals surface area contributed by atoms with Crippen LogP contribution in [0.15, 0.2) is 60.8 Å². The number of halogens is 1. The molecule has 29 heavy (non-hydrogen) atoms. The lowest BCUT2D eigenvalue weighted by molar-refractivity contribution is 0.358. The van der Waals surface area contributed by atoms with Crippen molar-refractivity contribution in [1.29, 1.82) is 0 Å². The molecule has 0 aliphatic heterocycles. The van der Waals surface area contributed by atoms with E-state index in [0.717, 1.165) is 44.4 Å². The Morgan fingerprint density at radius 2 is 1.62 bits per heavy atom. The molecule has 4 nitrogen and oxygen atoms in total. The van der Waals surface area contributed by atoms with Gasteiger partial charge in [-0.1, -0.05) is 56.6 Å². The molecule has 2 aromatic carbocycles. The number of pyridine rings is 1. The summed E-state index contributed by atoms with van der Waals surface area (Å²) in [7, 11) is 0. The standard InChI is InChI=1S/C24H25ClN4/c1-15(24(2,3)4)27-23-28-21-12-7-17(13-22(21)29-23)20-11-8-18(14-26-20)16-5-9-19(25)10-6-16/h5-15H,1-4H3,(H2,27,28,29). The lowest BCUT2D eigenvalue weighted by Gasteiger charge is -2.27. The number of imidazole rings is 1. The molecule has 2 heterocycles. The van der Waals surface area contributed by atoms with E-state index >= 15 is 0 Å². The predicted octanol–water partition coefficient (Wildman–Crippen LogP) is 6.79. The molecule has 0 bridgehead atoms. The highest BCUT2D eigenvalue weighted by Gasteiger charge is 2.20. The molecule has 0 aliphatic rings. The number of anilines is 1. The molecule has 0 amide bonds. The molecule has 148 valence electrons. The highest BCUT2D eigenvalue weighted by atomic mass is 35.5. The van der Waals surface area contributed by atoms with Gasteiger partial charge in [-0.25, -0.2) is 4.98 Å². The number of nitrogens with zero attached hydrogens (tertiary/aromatic N) is 2. The van der Waals surface area contributed by atoms with E-state index in [0.29, 0.717) is 6.04 Å². The first-order valence-corrected chi connectivity index (χ1v) is 10.2. The predicted molar refractivity (Wildman–Crippen MR) is 122 cm³/mol. The minimum absolute atomic E-state index is 0.153. The Morgan fingerprint density at radius 3 is 2.28 bits per heavy atom. The molecule has 1 unspecified atom stereocenters. The third-order valence-electron chi connectivity index (χ3n) is 5.37. The first-order chi connectivity index (χ1) is 13.8. The molecule has 0 saturated heterocycles. The highest BCUT2D eigenvalue weighted by Crippen LogP contribution is 2.27. The van der Waals surface area contributed by atoms with Crippen molar-refractivity contribution in [3.63, 3.8) is 0 Å². The van der Waals surface area contributed by atoms with E-state index in [1.807, 2.05) is 42.6 Å². The monoisotopic (exact) mass is 404 g/mol. The van der Waals surface area contributed by atoms with E-state index in [4.69, 9.17) is 11.6 Å². The van der Waals surface area contributed by atoms with Gasteiger partial charge in [-0.2, -0.15) is 0 Å². The second-order valence-electron chi connectivity index (χ2n) is 8.49. The maximum atomic E-state index is 5.98. The van der Waals surface area contributed by atoms with Gasteiger partial charge in [0, 0.05) is 28.4 Å². The summed E-state index contributed by atoms with van der Waals surface area (Å²) in [5, 5.41) is 4.20. The van der Waals surface area contributed by atoms with Crippen LogP contribution in [-0.2, 0) is 0 Å². The van der Waals surface area contributed by atoms with Crippen molar-refractivity contribution in [2.75, 3.05) is 5.32 Å². The minimum atomic E-state index is 0.153. The van der Waals surface area contributed by atoms with Crippen molar-refractivity contribution >= 4 is 28.6 Å². The summed E-state index contributed by atoms with van der Waals surface area (Å²) in [5.41, 5.74) is 6.23. The highest BCUT2D eigenvalue weighted by molar-refractivity contribution is 6.30. The van der Waals surface area contributed by atoms with Crippen molar-refractivity contribution in [2.45, 2.75) is 33.7 Å². The van der Waals surface area contributed by atoms with Crippen LogP contribution in [-0.4, -0.2) is 21.0 Å². The summed E-state index contributed by atoms with van der Waals surface area (Å²) in [6, 6.07) is 18.4. The number of rotatable bonds is 4. The molecule has 0 aliphatic carbocycles. The number of aromatic amines is 1. The van der Waals surface area contributed by atoms with Gasteiger partial charge < -0.3 is 10.3 Å². The molecule has 4 aromatic rings. The minimum Gasteiger partial charge on any atom is -0.353 e. The Balaban J connectivity index is 1.58. The fraction of sp³-hybridized carbons (Fsp3) is 0.250. The molecule has 0 fully saturated rings. The van der Waals surface area contributed by atoms with Gasteiger partial charge in [0.2, 0.25) is 5.95 Å². The van der Waals surface area contributed by atoms with E-state index < -0.39 is 0 Å². The first-order valence-electron chi connectivity index (χ1n) is 9.78. The molecule has 2 aromatic heterocycles. The van der Waals surface area contributed by atoms with Gasteiger partial charge in [0.15, 0.2) is 0 Å². The van der Waals surface area contributed by atoms with Gasteiger partial charge in [-0.15, -0.1) is 0 Å². The fourth-order valence-electron chi connectivity index (χ4n) is 3.04. The average molecular weight is 405 g/mol. The quantitative estimate of drug-likeness (QED) is 0.393. The topological polar surface area (TPSA) is 53.6 Å². The molecular weight excluding hydrogens is 380 g/mol. The summed E-state index contributed by atoms with van der Waals surface area (Å²) in [5.74, 6) is 0.797. The summed E-state index contributed by atoms with van der Waals surface area (Å²) >= 11 is 5.98. The van der Waals surface area contributed by atoms with E-state index in [1.165, 1.54) is 0 Å². The second kappa shape index (κ2) is 7.53. The Kier molecular flexibility index (Phi) is 5.05. The molecule has 2 N–H and O–H groups in total. The molecule has 0 radical (unpaired) electrons. The fourth-order valence-corrected chi connectivity index (χ4v) is 3.16. The largest absolute Gasteiger partial charge is 0.353 e. The van der Waals surface area contributed by atoms with Crippen LogP contribution in [0.4, 0.5) is 5.95 Å². The van der Waals surface area contributed by atoms with Crippen LogP contribution in [0.3, 0.4) is 0 Å². The summed E-state index contributed by atoms with van der Waals surface area (Å²) < 4.78 is 0. The third-order valence-corrected chi connectivity index (χ3v) is 5.62. The van der Waals surface area contributed by atoms with Gasteiger partial charge in [0.25, 0.3) is 0 Å². The number of benzene rings is 2. The van der Waals surface area contributed by atoms with Crippen molar-refractivity contribution in [3.05, 3.63) is 65.8 Å². The molecular formula is C24H25ClN4. The van der Waals surface area contributed by atoms with Crippen LogP contribution >= 0.6 is 11.6 Å². The average Bonchev–Trinajstić information content (AvgIpc) is 3.09. The molecule has 0 saturated carbocycles. The lowest BCUT2D eigenvalue weighted by Crippen LogP contribution is -2.31. The summed E-state index contributed by atoms with van der Waals surface area (Å²) in [6.07, 6.45) is 1.90. The zero-order valence-corrected chi connectivity index (χ0v) is 17.9. The lowest BCUT2D eigenvalue weighted by atomic mass is 9.88. The Hall–Kier alpha value is -2.85. The number of hydrogen-bond donors (Lipinski definition) is 2. The van der Waals surface area contributed by atoms with Crippen LogP contribution < -0.4 is 5.32 Å². The molecule has 5 heteroatoms. The molecule has 0 spiro atoms. The van der Waals surface area contributed by atoms with Crippen molar-refractivity contribution in [1.82, 2.24) is 15.0 Å². The Morgan fingerprint density at radius 1 is 0.931 bits per heavy atom. The first kappa shape index (κ1) is 19.5. The maximum absolute atomic E-state index is 5.98. The Bertz CT molecular complexity index is 1120. The number of H-pyrrole nitrogens is 1. The number of hydrogen-bond acceptors (Lipinski definition) is 3. The van der Waals surface area contributed by atoms with Crippen LogP contribution in [0.1, 0.15) is 27.7 Å². The van der Waals surface area contributed by atoms with Crippen molar-refractivity contribution < 1.29 is 0 Å². The summed E-state index contributed by atoms with van der Waals surface area (Å²) in [6.45, 7) is 8.81. The van der Waals surface area contributed by atoms with Crippen LogP contribution in [0.2, 0.25) is 5.02 Å². The SMILES string of the molecule is CC(Nc1nc2ccc(-c3ccc(-c4ccc(Cl)cc4)cn3)cc2[nH]1)C(C)(C)C. The van der Waals surface area contributed by atoms with Gasteiger partial charge in [0.1, 0.15) is 0 Å². The second-order valence-corrected chi connectivity index (χ2v) is 8.92. The molecule has 1 atom stereocenters. The zero-order valence-electron chi connectivity index (χ0n) is 17.1. The van der Waals surface area contributed by atoms with Crippen LogP contribution in [0.25, 0.3) is 33.4 Å². The normalized spacial score (nSPS) is 12.9.